The van der Waals surface area contributed by atoms with Crippen molar-refractivity contribution in [3.05, 3.63) is 53.0 Å². The molecule has 0 saturated carbocycles. The second kappa shape index (κ2) is 11.9. The highest BCUT2D eigenvalue weighted by Gasteiger charge is 2.35. The van der Waals surface area contributed by atoms with Gasteiger partial charge in [-0.05, 0) is 68.8 Å². The zero-order chi connectivity index (χ0) is 29.4. The minimum absolute atomic E-state index is 0.102. The van der Waals surface area contributed by atoms with Crippen molar-refractivity contribution < 1.29 is 13.9 Å². The Hall–Kier alpha value is -3.71. The maximum atomic E-state index is 13.8. The standard InChI is InChI=1S/C32H40FN7O2/c1-21-9-10-23-6-4-8-28(29(21)23)38-15-12-26-27(19-38)35-32(42-20-25-7-5-14-37(25)3)36-30(26)39-16-17-40(31(41)22(2)33)24(18-39)11-13-34/h4,6,8,21,24-25H,2,5,7,9-12,14-20H2,1,3H3/t21?,24-,25-/m0/s1. The molecule has 1 aromatic heterocycles. The summed E-state index contributed by atoms with van der Waals surface area (Å²) in [7, 11) is 2.12. The first kappa shape index (κ1) is 28.4. The maximum Gasteiger partial charge on any atom is 0.318 e. The number of ether oxygens (including phenoxy) is 1. The number of hydrogen-bond acceptors (Lipinski definition) is 8. The largest absolute Gasteiger partial charge is 0.462 e. The average Bonchev–Trinajstić information content (AvgIpc) is 3.59. The SMILES string of the molecule is C=C(F)C(=O)N1CCN(c2nc(OC[C@@H]3CCCN3C)nc3c2CCN(c2cccc4c2C(C)CC4)C3)C[C@@H]1CC#N. The van der Waals surface area contributed by atoms with E-state index in [9.17, 15) is 14.4 Å². The van der Waals surface area contributed by atoms with Gasteiger partial charge in [0, 0.05) is 43.5 Å². The molecule has 0 spiro atoms. The van der Waals surface area contributed by atoms with Crippen molar-refractivity contribution >= 4 is 17.4 Å². The molecule has 3 atom stereocenters. The molecule has 9 nitrogen and oxygen atoms in total. The van der Waals surface area contributed by atoms with Gasteiger partial charge in [-0.2, -0.15) is 15.2 Å². The monoisotopic (exact) mass is 573 g/mol. The van der Waals surface area contributed by atoms with Gasteiger partial charge in [0.25, 0.3) is 5.91 Å². The number of piperazine rings is 1. The number of halogens is 1. The van der Waals surface area contributed by atoms with Gasteiger partial charge < -0.3 is 24.3 Å². The first-order chi connectivity index (χ1) is 20.3. The Morgan fingerprint density at radius 2 is 2.00 bits per heavy atom. The van der Waals surface area contributed by atoms with Crippen LogP contribution in [-0.4, -0.2) is 84.1 Å². The van der Waals surface area contributed by atoms with Gasteiger partial charge in [-0.15, -0.1) is 0 Å². The molecule has 1 aromatic carbocycles. The van der Waals surface area contributed by atoms with E-state index in [0.29, 0.717) is 44.2 Å². The van der Waals surface area contributed by atoms with Gasteiger partial charge in [-0.25, -0.2) is 4.39 Å². The quantitative estimate of drug-likeness (QED) is 0.460. The van der Waals surface area contributed by atoms with Crippen LogP contribution in [0.25, 0.3) is 0 Å². The number of anilines is 2. The number of likely N-dealkylation sites (N-methyl/N-ethyl adjacent to an activating group) is 1. The lowest BCUT2D eigenvalue weighted by Crippen LogP contribution is -2.55. The van der Waals surface area contributed by atoms with Crippen LogP contribution < -0.4 is 14.5 Å². The molecule has 0 N–H and O–H groups in total. The number of likely N-dealkylation sites (tertiary alicyclic amines) is 1. The zero-order valence-corrected chi connectivity index (χ0v) is 24.7. The van der Waals surface area contributed by atoms with Gasteiger partial charge >= 0.3 is 6.01 Å². The van der Waals surface area contributed by atoms with Crippen molar-refractivity contribution in [2.45, 2.75) is 70.0 Å². The second-order valence-corrected chi connectivity index (χ2v) is 12.2. The smallest absolute Gasteiger partial charge is 0.318 e. The van der Waals surface area contributed by atoms with Crippen LogP contribution in [0.4, 0.5) is 15.9 Å². The third-order valence-electron chi connectivity index (χ3n) is 9.55. The highest BCUT2D eigenvalue weighted by Crippen LogP contribution is 2.41. The van der Waals surface area contributed by atoms with Gasteiger partial charge in [0.2, 0.25) is 0 Å². The molecule has 42 heavy (non-hydrogen) atoms. The molecular formula is C32H40FN7O2. The van der Waals surface area contributed by atoms with E-state index >= 15 is 0 Å². The highest BCUT2D eigenvalue weighted by molar-refractivity contribution is 5.91. The van der Waals surface area contributed by atoms with Crippen molar-refractivity contribution in [3.63, 3.8) is 0 Å². The lowest BCUT2D eigenvalue weighted by atomic mass is 9.97. The summed E-state index contributed by atoms with van der Waals surface area (Å²) >= 11 is 0. The lowest BCUT2D eigenvalue weighted by Gasteiger charge is -2.42. The van der Waals surface area contributed by atoms with E-state index in [1.54, 1.807) is 0 Å². The van der Waals surface area contributed by atoms with Gasteiger partial charge in [0.05, 0.1) is 30.8 Å². The van der Waals surface area contributed by atoms with Gasteiger partial charge in [-0.1, -0.05) is 25.6 Å². The first-order valence-electron chi connectivity index (χ1n) is 15.2. The number of benzene rings is 1. The summed E-state index contributed by atoms with van der Waals surface area (Å²) in [6.07, 6.45) is 5.44. The Kier molecular flexibility index (Phi) is 8.04. The summed E-state index contributed by atoms with van der Waals surface area (Å²) in [6, 6.07) is 9.07. The number of nitriles is 1. The molecule has 4 aliphatic rings. The number of fused-ring (bicyclic) bond motifs is 2. The molecule has 10 heteroatoms. The Bertz CT molecular complexity index is 1410. The molecule has 1 unspecified atom stereocenters. The van der Waals surface area contributed by atoms with Crippen LogP contribution in [0, 0.1) is 11.3 Å². The summed E-state index contributed by atoms with van der Waals surface area (Å²) in [5.41, 5.74) is 6.25. The Balaban J connectivity index is 1.31. The molecule has 2 aromatic rings. The fourth-order valence-corrected chi connectivity index (χ4v) is 7.21. The molecule has 3 aliphatic heterocycles. The first-order valence-corrected chi connectivity index (χ1v) is 15.2. The molecule has 6 rings (SSSR count). The second-order valence-electron chi connectivity index (χ2n) is 12.2. The predicted octanol–water partition coefficient (Wildman–Crippen LogP) is 3.98. The summed E-state index contributed by atoms with van der Waals surface area (Å²) in [6.45, 7) is 9.76. The normalized spacial score (nSPS) is 23.9. The van der Waals surface area contributed by atoms with E-state index in [2.05, 4.69) is 59.5 Å². The summed E-state index contributed by atoms with van der Waals surface area (Å²) in [5.74, 6) is -0.405. The van der Waals surface area contributed by atoms with Gasteiger partial charge in [0.15, 0.2) is 5.83 Å². The predicted molar refractivity (Wildman–Crippen MR) is 159 cm³/mol. The number of aryl methyl sites for hydroxylation is 1. The van der Waals surface area contributed by atoms with E-state index in [1.165, 1.54) is 28.1 Å². The van der Waals surface area contributed by atoms with Crippen molar-refractivity contribution in [2.75, 3.05) is 56.2 Å². The van der Waals surface area contributed by atoms with E-state index in [0.717, 1.165) is 55.8 Å². The Morgan fingerprint density at radius 1 is 1.14 bits per heavy atom. The average molecular weight is 574 g/mol. The fourth-order valence-electron chi connectivity index (χ4n) is 7.21. The summed E-state index contributed by atoms with van der Waals surface area (Å²) in [5, 5.41) is 9.49. The van der Waals surface area contributed by atoms with Gasteiger partial charge in [0.1, 0.15) is 12.4 Å². The zero-order valence-electron chi connectivity index (χ0n) is 24.7. The molecule has 222 valence electrons. The molecule has 2 saturated heterocycles. The van der Waals surface area contributed by atoms with E-state index in [1.807, 2.05) is 0 Å². The Morgan fingerprint density at radius 3 is 2.76 bits per heavy atom. The van der Waals surface area contributed by atoms with Crippen molar-refractivity contribution in [3.8, 4) is 12.1 Å². The Labute approximate surface area is 247 Å². The molecule has 4 heterocycles. The van der Waals surface area contributed by atoms with Crippen LogP contribution in [0.15, 0.2) is 30.6 Å². The van der Waals surface area contributed by atoms with Crippen LogP contribution >= 0.6 is 0 Å². The number of aromatic nitrogens is 2. The van der Waals surface area contributed by atoms with E-state index in [-0.39, 0.29) is 13.0 Å². The van der Waals surface area contributed by atoms with E-state index < -0.39 is 17.8 Å². The highest BCUT2D eigenvalue weighted by atomic mass is 19.1. The minimum Gasteiger partial charge on any atom is -0.462 e. The molecule has 0 radical (unpaired) electrons. The summed E-state index contributed by atoms with van der Waals surface area (Å²) in [4.78, 5) is 30.7. The molecule has 1 aliphatic carbocycles. The number of hydrogen-bond donors (Lipinski definition) is 0. The number of carbonyl (C=O) groups excluding carboxylic acids is 1. The number of rotatable bonds is 7. The van der Waals surface area contributed by atoms with Crippen LogP contribution in [0.1, 0.15) is 60.9 Å². The maximum absolute atomic E-state index is 13.8. The van der Waals surface area contributed by atoms with Crippen LogP contribution in [0.3, 0.4) is 0 Å². The number of amides is 1. The summed E-state index contributed by atoms with van der Waals surface area (Å²) < 4.78 is 20.1. The third kappa shape index (κ3) is 5.42. The number of carbonyl (C=O) groups is 1. The topological polar surface area (TPSA) is 88.8 Å². The number of nitrogens with zero attached hydrogens (tertiary/aromatic N) is 7. The molecule has 0 bridgehead atoms. The molecule has 1 amide bonds. The van der Waals surface area contributed by atoms with Crippen molar-refractivity contribution in [1.82, 2.24) is 19.8 Å². The molecule has 2 fully saturated rings. The third-order valence-corrected chi connectivity index (χ3v) is 9.55. The minimum atomic E-state index is -1.000. The van der Waals surface area contributed by atoms with Crippen LogP contribution in [-0.2, 0) is 24.2 Å². The van der Waals surface area contributed by atoms with Gasteiger partial charge in [-0.3, -0.25) is 4.79 Å². The van der Waals surface area contributed by atoms with Crippen molar-refractivity contribution in [2.24, 2.45) is 0 Å². The van der Waals surface area contributed by atoms with E-state index in [4.69, 9.17) is 14.7 Å². The fraction of sp³-hybridized carbons (Fsp3) is 0.562. The lowest BCUT2D eigenvalue weighted by molar-refractivity contribution is -0.131. The van der Waals surface area contributed by atoms with Crippen LogP contribution in [0.5, 0.6) is 6.01 Å². The van der Waals surface area contributed by atoms with Crippen molar-refractivity contribution in [1.29, 1.82) is 5.26 Å². The van der Waals surface area contributed by atoms with Crippen LogP contribution in [0.2, 0.25) is 0 Å². The molecular weight excluding hydrogens is 533 g/mol.